The van der Waals surface area contributed by atoms with Crippen LogP contribution >= 0.6 is 0 Å². The van der Waals surface area contributed by atoms with Crippen LogP contribution in [0.25, 0.3) is 0 Å². The first-order valence-electron chi connectivity index (χ1n) is 13.0. The normalized spacial score (nSPS) is 17.1. The number of rotatable bonds is 10. The Morgan fingerprint density at radius 1 is 1.15 bits per heavy atom. The standard InChI is InChI=1S/C27H33F4N5O3/c1-14-11-20(19(28)12-18(14)15(2)26(39)35(3)13-27(29,30)31)33-25(38)23(22(16-5-6-16)17-7-8-17)34-24(37)21-9-10-32-36(21)4/h9-12,15-17,22-23H,5-8,13H2,1-4H3,(H,33,38)(H,34,37)/t15?,23-/m0/s1. The van der Waals surface area contributed by atoms with Crippen molar-refractivity contribution in [3.8, 4) is 0 Å². The SMILES string of the molecule is Cc1cc(NC(=O)[C@@H](NC(=O)c2ccnn2C)C(C2CC2)C2CC2)c(F)cc1C(C)C(=O)N(C)CC(F)(F)F. The number of aryl methyl sites for hydroxylation is 2. The molecule has 39 heavy (non-hydrogen) atoms. The Bertz CT molecular complexity index is 1240. The van der Waals surface area contributed by atoms with Crippen LogP contribution in [-0.4, -0.2) is 58.2 Å². The lowest BCUT2D eigenvalue weighted by molar-refractivity contribution is -0.159. The predicted molar refractivity (Wildman–Crippen MR) is 135 cm³/mol. The first-order valence-corrected chi connectivity index (χ1v) is 13.0. The number of benzene rings is 1. The number of carbonyl (C=O) groups is 3. The van der Waals surface area contributed by atoms with Crippen molar-refractivity contribution in [3.05, 3.63) is 47.0 Å². The van der Waals surface area contributed by atoms with E-state index >= 15 is 4.39 Å². The lowest BCUT2D eigenvalue weighted by Crippen LogP contribution is -2.50. The van der Waals surface area contributed by atoms with Crippen LogP contribution in [0.5, 0.6) is 0 Å². The van der Waals surface area contributed by atoms with E-state index in [4.69, 9.17) is 0 Å². The van der Waals surface area contributed by atoms with Crippen molar-refractivity contribution in [1.82, 2.24) is 20.0 Å². The molecule has 2 atom stereocenters. The summed E-state index contributed by atoms with van der Waals surface area (Å²) in [4.78, 5) is 39.7. The van der Waals surface area contributed by atoms with Gasteiger partial charge in [-0.25, -0.2) is 4.39 Å². The maximum Gasteiger partial charge on any atom is 0.406 e. The monoisotopic (exact) mass is 551 g/mol. The summed E-state index contributed by atoms with van der Waals surface area (Å²) in [7, 11) is 2.66. The van der Waals surface area contributed by atoms with Gasteiger partial charge in [-0.15, -0.1) is 0 Å². The number of likely N-dealkylation sites (N-methyl/N-ethyl adjacent to an activating group) is 1. The van der Waals surface area contributed by atoms with Crippen molar-refractivity contribution in [1.29, 1.82) is 0 Å². The Hall–Kier alpha value is -3.44. The summed E-state index contributed by atoms with van der Waals surface area (Å²) in [6, 6.07) is 3.09. The Kier molecular flexibility index (Phi) is 8.04. The van der Waals surface area contributed by atoms with Gasteiger partial charge >= 0.3 is 6.18 Å². The molecular formula is C27H33F4N5O3. The van der Waals surface area contributed by atoms with Gasteiger partial charge in [0.1, 0.15) is 24.1 Å². The molecule has 2 aliphatic carbocycles. The average Bonchev–Trinajstić information content (AvgIpc) is 3.78. The molecule has 12 heteroatoms. The number of amides is 3. The number of nitrogens with zero attached hydrogens (tertiary/aromatic N) is 3. The quantitative estimate of drug-likeness (QED) is 0.434. The fraction of sp³-hybridized carbons (Fsp3) is 0.556. The molecule has 2 N–H and O–H groups in total. The molecule has 0 saturated heterocycles. The van der Waals surface area contributed by atoms with Crippen molar-refractivity contribution in [3.63, 3.8) is 0 Å². The lowest BCUT2D eigenvalue weighted by atomic mass is 9.88. The third-order valence-corrected chi connectivity index (χ3v) is 7.58. The molecule has 2 aromatic rings. The number of hydrogen-bond donors (Lipinski definition) is 2. The highest BCUT2D eigenvalue weighted by Crippen LogP contribution is 2.51. The first kappa shape index (κ1) is 28.6. The van der Waals surface area contributed by atoms with E-state index < -0.39 is 48.2 Å². The summed E-state index contributed by atoms with van der Waals surface area (Å²) in [5.41, 5.74) is 0.817. The minimum atomic E-state index is -4.56. The summed E-state index contributed by atoms with van der Waals surface area (Å²) < 4.78 is 54.8. The minimum Gasteiger partial charge on any atom is -0.339 e. The van der Waals surface area contributed by atoms with Gasteiger partial charge in [0.05, 0.1) is 11.6 Å². The molecule has 0 bridgehead atoms. The zero-order valence-corrected chi connectivity index (χ0v) is 22.3. The number of halogens is 4. The van der Waals surface area contributed by atoms with E-state index in [1.807, 2.05) is 0 Å². The predicted octanol–water partition coefficient (Wildman–Crippen LogP) is 4.17. The second kappa shape index (κ2) is 11.0. The Morgan fingerprint density at radius 2 is 1.77 bits per heavy atom. The van der Waals surface area contributed by atoms with E-state index in [1.165, 1.54) is 23.9 Å². The van der Waals surface area contributed by atoms with Crippen molar-refractivity contribution in [2.45, 2.75) is 57.7 Å². The molecule has 8 nitrogen and oxygen atoms in total. The van der Waals surface area contributed by atoms with E-state index in [9.17, 15) is 27.6 Å². The largest absolute Gasteiger partial charge is 0.406 e. The molecule has 1 unspecified atom stereocenters. The van der Waals surface area contributed by atoms with Crippen LogP contribution in [0.15, 0.2) is 24.4 Å². The van der Waals surface area contributed by atoms with Crippen LogP contribution in [0.3, 0.4) is 0 Å². The van der Waals surface area contributed by atoms with E-state index in [0.717, 1.165) is 38.8 Å². The summed E-state index contributed by atoms with van der Waals surface area (Å²) in [5, 5.41) is 9.48. The first-order chi connectivity index (χ1) is 18.3. The van der Waals surface area contributed by atoms with Gasteiger partial charge in [-0.3, -0.25) is 19.1 Å². The zero-order valence-electron chi connectivity index (χ0n) is 22.3. The Balaban J connectivity index is 1.54. The molecule has 2 aliphatic rings. The summed E-state index contributed by atoms with van der Waals surface area (Å²) in [6.45, 7) is 1.59. The lowest BCUT2D eigenvalue weighted by Gasteiger charge is -2.28. The van der Waals surface area contributed by atoms with E-state index in [-0.39, 0.29) is 17.2 Å². The van der Waals surface area contributed by atoms with Gasteiger partial charge in [-0.1, -0.05) is 0 Å². The number of carbonyl (C=O) groups excluding carboxylic acids is 3. The molecule has 1 aromatic heterocycles. The topological polar surface area (TPSA) is 96.3 Å². The van der Waals surface area contributed by atoms with Crippen LogP contribution in [0.1, 0.15) is 60.1 Å². The molecule has 1 aromatic carbocycles. The maximum atomic E-state index is 15.2. The number of hydrogen-bond acceptors (Lipinski definition) is 4. The van der Waals surface area contributed by atoms with Gasteiger partial charge in [0, 0.05) is 20.3 Å². The second-order valence-corrected chi connectivity index (χ2v) is 10.8. The molecule has 212 valence electrons. The molecule has 2 fully saturated rings. The molecule has 1 heterocycles. The van der Waals surface area contributed by atoms with E-state index in [1.54, 1.807) is 20.0 Å². The highest BCUT2D eigenvalue weighted by atomic mass is 19.4. The summed E-state index contributed by atoms with van der Waals surface area (Å²) in [6.07, 6.45) is 0.773. The average molecular weight is 552 g/mol. The molecule has 4 rings (SSSR count). The highest BCUT2D eigenvalue weighted by Gasteiger charge is 2.48. The van der Waals surface area contributed by atoms with Crippen LogP contribution in [-0.2, 0) is 16.6 Å². The van der Waals surface area contributed by atoms with Crippen LogP contribution < -0.4 is 10.6 Å². The van der Waals surface area contributed by atoms with Crippen LogP contribution in [0.2, 0.25) is 0 Å². The van der Waals surface area contributed by atoms with Crippen molar-refractivity contribution < 1.29 is 31.9 Å². The molecule has 0 radical (unpaired) electrons. The summed E-state index contributed by atoms with van der Waals surface area (Å²) >= 11 is 0. The fourth-order valence-corrected chi connectivity index (χ4v) is 5.32. The van der Waals surface area contributed by atoms with Crippen molar-refractivity contribution >= 4 is 23.4 Å². The number of nitrogens with one attached hydrogen (secondary N) is 2. The number of aromatic nitrogens is 2. The Morgan fingerprint density at radius 3 is 2.28 bits per heavy atom. The smallest absolute Gasteiger partial charge is 0.339 e. The van der Waals surface area contributed by atoms with Gasteiger partial charge in [0.15, 0.2) is 0 Å². The fourth-order valence-electron chi connectivity index (χ4n) is 5.32. The van der Waals surface area contributed by atoms with Crippen LogP contribution in [0.4, 0.5) is 23.2 Å². The highest BCUT2D eigenvalue weighted by molar-refractivity contribution is 6.01. The number of alkyl halides is 3. The third kappa shape index (κ3) is 6.77. The molecule has 0 spiro atoms. The van der Waals surface area contributed by atoms with Gasteiger partial charge in [-0.2, -0.15) is 18.3 Å². The Labute approximate surface area is 224 Å². The van der Waals surface area contributed by atoms with Gasteiger partial charge in [-0.05, 0) is 86.6 Å². The van der Waals surface area contributed by atoms with Crippen molar-refractivity contribution in [2.75, 3.05) is 18.9 Å². The van der Waals surface area contributed by atoms with Gasteiger partial charge in [0.25, 0.3) is 5.91 Å². The van der Waals surface area contributed by atoms with Crippen LogP contribution in [0, 0.1) is 30.5 Å². The molecule has 3 amide bonds. The third-order valence-electron chi connectivity index (χ3n) is 7.58. The molecule has 0 aliphatic heterocycles. The van der Waals surface area contributed by atoms with E-state index in [2.05, 4.69) is 15.7 Å². The van der Waals surface area contributed by atoms with E-state index in [0.29, 0.717) is 28.0 Å². The number of anilines is 1. The zero-order chi connectivity index (χ0) is 28.6. The van der Waals surface area contributed by atoms with Gasteiger partial charge < -0.3 is 15.5 Å². The van der Waals surface area contributed by atoms with Gasteiger partial charge in [0.2, 0.25) is 11.8 Å². The molecule has 2 saturated carbocycles. The minimum absolute atomic E-state index is 0.0765. The van der Waals surface area contributed by atoms with Crippen molar-refractivity contribution in [2.24, 2.45) is 24.8 Å². The molecular weight excluding hydrogens is 518 g/mol. The summed E-state index contributed by atoms with van der Waals surface area (Å²) in [5.74, 6) is -3.14. The second-order valence-electron chi connectivity index (χ2n) is 10.8. The maximum absolute atomic E-state index is 15.2.